The molecular weight excluding hydrogens is 252 g/mol. The average molecular weight is 272 g/mol. The quantitative estimate of drug-likeness (QED) is 0.660. The zero-order valence-corrected chi connectivity index (χ0v) is 10.7. The van der Waals surface area contributed by atoms with Gasteiger partial charge in [-0.1, -0.05) is 0 Å². The van der Waals surface area contributed by atoms with Crippen LogP contribution < -0.4 is 5.32 Å². The van der Waals surface area contributed by atoms with Crippen LogP contribution in [0.2, 0.25) is 0 Å². The molecule has 0 radical (unpaired) electrons. The van der Waals surface area contributed by atoms with Crippen molar-refractivity contribution in [3.63, 3.8) is 0 Å². The molecule has 7 nitrogen and oxygen atoms in total. The molecule has 3 N–H and O–H groups in total. The summed E-state index contributed by atoms with van der Waals surface area (Å²) in [6, 6.07) is -1.39. The number of carbonyl (C=O) groups is 2. The van der Waals surface area contributed by atoms with Crippen LogP contribution in [-0.4, -0.2) is 65.1 Å². The molecule has 0 aromatic heterocycles. The number of carboxylic acids is 1. The third kappa shape index (κ3) is 3.57. The number of rotatable bonds is 3. The first-order valence-corrected chi connectivity index (χ1v) is 6.65. The average Bonchev–Trinajstić information content (AvgIpc) is 2.79. The van der Waals surface area contributed by atoms with E-state index in [1.807, 2.05) is 0 Å². The van der Waals surface area contributed by atoms with Gasteiger partial charge in [-0.3, -0.25) is 0 Å². The largest absolute Gasteiger partial charge is 0.480 e. The molecule has 3 atom stereocenters. The molecule has 2 saturated heterocycles. The number of likely N-dealkylation sites (tertiary alicyclic amines) is 1. The van der Waals surface area contributed by atoms with E-state index in [2.05, 4.69) is 5.32 Å². The number of urea groups is 1. The predicted molar refractivity (Wildman–Crippen MR) is 65.7 cm³/mol. The molecule has 0 bridgehead atoms. The van der Waals surface area contributed by atoms with Gasteiger partial charge in [0, 0.05) is 26.1 Å². The fraction of sp³-hybridized carbons (Fsp3) is 0.833. The Labute approximate surface area is 111 Å². The van der Waals surface area contributed by atoms with Gasteiger partial charge in [0.15, 0.2) is 0 Å². The van der Waals surface area contributed by atoms with Crippen LogP contribution in [0.25, 0.3) is 0 Å². The van der Waals surface area contributed by atoms with Crippen molar-refractivity contribution in [3.8, 4) is 0 Å². The number of carboxylic acid groups (broad SMARTS) is 1. The Balaban J connectivity index is 1.82. The van der Waals surface area contributed by atoms with Crippen LogP contribution in [-0.2, 0) is 9.53 Å². The second-order valence-corrected chi connectivity index (χ2v) is 5.07. The van der Waals surface area contributed by atoms with Gasteiger partial charge in [0.2, 0.25) is 0 Å². The predicted octanol–water partition coefficient (Wildman–Crippen LogP) is -0.215. The highest BCUT2D eigenvalue weighted by Crippen LogP contribution is 2.18. The molecule has 2 fully saturated rings. The van der Waals surface area contributed by atoms with E-state index in [0.717, 1.165) is 19.3 Å². The number of hydrogen-bond donors (Lipinski definition) is 3. The number of ether oxygens (including phenoxy) is 1. The fourth-order valence-electron chi connectivity index (χ4n) is 2.54. The van der Waals surface area contributed by atoms with Crippen molar-refractivity contribution in [3.05, 3.63) is 0 Å². The molecule has 108 valence electrons. The molecule has 2 aliphatic heterocycles. The first kappa shape index (κ1) is 14.1. The Hall–Kier alpha value is -1.34. The van der Waals surface area contributed by atoms with E-state index in [9.17, 15) is 14.7 Å². The van der Waals surface area contributed by atoms with Crippen LogP contribution in [0.3, 0.4) is 0 Å². The number of aliphatic carboxylic acids is 1. The van der Waals surface area contributed by atoms with Crippen molar-refractivity contribution in [1.29, 1.82) is 0 Å². The summed E-state index contributed by atoms with van der Waals surface area (Å²) in [7, 11) is 0. The number of β-amino-alcohol motifs (C(OH)–C–C–N with tert-alkyl or cyclic N) is 1. The van der Waals surface area contributed by atoms with Crippen LogP contribution in [0.1, 0.15) is 25.7 Å². The van der Waals surface area contributed by atoms with E-state index in [4.69, 9.17) is 9.84 Å². The smallest absolute Gasteiger partial charge is 0.326 e. The van der Waals surface area contributed by atoms with Crippen LogP contribution in [0.15, 0.2) is 0 Å². The van der Waals surface area contributed by atoms with E-state index in [1.54, 1.807) is 0 Å². The number of aliphatic hydroxyl groups is 1. The Bertz CT molecular complexity index is 343. The Morgan fingerprint density at radius 1 is 1.37 bits per heavy atom. The summed E-state index contributed by atoms with van der Waals surface area (Å²) in [5, 5.41) is 21.2. The van der Waals surface area contributed by atoms with Gasteiger partial charge in [0.1, 0.15) is 6.04 Å². The molecule has 0 aromatic carbocycles. The number of nitrogens with one attached hydrogen (secondary N) is 1. The molecule has 0 saturated carbocycles. The first-order valence-electron chi connectivity index (χ1n) is 6.65. The molecule has 2 unspecified atom stereocenters. The lowest BCUT2D eigenvalue weighted by atomic mass is 10.1. The van der Waals surface area contributed by atoms with Gasteiger partial charge in [-0.25, -0.2) is 9.59 Å². The zero-order chi connectivity index (χ0) is 13.8. The summed E-state index contributed by atoms with van der Waals surface area (Å²) in [6.45, 7) is 1.16. The van der Waals surface area contributed by atoms with Gasteiger partial charge in [0.25, 0.3) is 0 Å². The maximum atomic E-state index is 11.9. The maximum absolute atomic E-state index is 11.9. The molecule has 0 aliphatic carbocycles. The lowest BCUT2D eigenvalue weighted by Gasteiger charge is -2.26. The zero-order valence-electron chi connectivity index (χ0n) is 10.7. The van der Waals surface area contributed by atoms with Crippen molar-refractivity contribution in [2.45, 2.75) is 43.9 Å². The number of aliphatic hydroxyl groups excluding tert-OH is 1. The van der Waals surface area contributed by atoms with Gasteiger partial charge in [-0.15, -0.1) is 0 Å². The van der Waals surface area contributed by atoms with Crippen LogP contribution >= 0.6 is 0 Å². The third-order valence-electron chi connectivity index (χ3n) is 3.58. The van der Waals surface area contributed by atoms with Crippen LogP contribution in [0, 0.1) is 0 Å². The van der Waals surface area contributed by atoms with Crippen molar-refractivity contribution in [2.24, 2.45) is 0 Å². The number of carbonyl (C=O) groups excluding carboxylic acids is 1. The molecule has 2 aliphatic rings. The molecule has 2 heterocycles. The second-order valence-electron chi connectivity index (χ2n) is 5.07. The standard InChI is InChI=1S/C12H20N2O5/c15-8-5-10(11(16)17)14(7-8)12(18)13-6-9-3-1-2-4-19-9/h8-10,15H,1-7H2,(H,13,18)(H,16,17)/t8?,9?,10-/m0/s1. The van der Waals surface area contributed by atoms with Crippen molar-refractivity contribution >= 4 is 12.0 Å². The lowest BCUT2D eigenvalue weighted by molar-refractivity contribution is -0.141. The van der Waals surface area contributed by atoms with E-state index in [-0.39, 0.29) is 19.1 Å². The highest BCUT2D eigenvalue weighted by Gasteiger charge is 2.39. The van der Waals surface area contributed by atoms with Crippen LogP contribution in [0.5, 0.6) is 0 Å². The minimum atomic E-state index is -1.08. The molecule has 19 heavy (non-hydrogen) atoms. The van der Waals surface area contributed by atoms with Gasteiger partial charge in [0.05, 0.1) is 12.2 Å². The van der Waals surface area contributed by atoms with Crippen molar-refractivity contribution < 1.29 is 24.5 Å². The topological polar surface area (TPSA) is 99.1 Å². The number of hydrogen-bond acceptors (Lipinski definition) is 4. The van der Waals surface area contributed by atoms with E-state index < -0.39 is 24.1 Å². The highest BCUT2D eigenvalue weighted by atomic mass is 16.5. The lowest BCUT2D eigenvalue weighted by Crippen LogP contribution is -2.48. The monoisotopic (exact) mass is 272 g/mol. The Morgan fingerprint density at radius 2 is 2.16 bits per heavy atom. The van der Waals surface area contributed by atoms with E-state index in [0.29, 0.717) is 13.2 Å². The minimum Gasteiger partial charge on any atom is -0.480 e. The Morgan fingerprint density at radius 3 is 2.79 bits per heavy atom. The molecule has 7 heteroatoms. The first-order chi connectivity index (χ1) is 9.08. The van der Waals surface area contributed by atoms with Crippen molar-refractivity contribution in [2.75, 3.05) is 19.7 Å². The molecular formula is C12H20N2O5. The Kier molecular flexibility index (Phi) is 4.60. The molecule has 2 amide bonds. The van der Waals surface area contributed by atoms with E-state index >= 15 is 0 Å². The summed E-state index contributed by atoms with van der Waals surface area (Å²) < 4.78 is 5.49. The molecule has 2 rings (SSSR count). The number of amides is 2. The highest BCUT2D eigenvalue weighted by molar-refractivity contribution is 5.83. The minimum absolute atomic E-state index is 0.00787. The maximum Gasteiger partial charge on any atom is 0.326 e. The summed E-state index contributed by atoms with van der Waals surface area (Å²) in [6.07, 6.45) is 2.37. The number of nitrogens with zero attached hydrogens (tertiary/aromatic N) is 1. The summed E-state index contributed by atoms with van der Waals surface area (Å²) in [4.78, 5) is 24.1. The molecule has 0 aromatic rings. The summed E-state index contributed by atoms with van der Waals surface area (Å²) in [5.74, 6) is -1.08. The van der Waals surface area contributed by atoms with Crippen LogP contribution in [0.4, 0.5) is 4.79 Å². The fourth-order valence-corrected chi connectivity index (χ4v) is 2.54. The van der Waals surface area contributed by atoms with E-state index in [1.165, 1.54) is 4.90 Å². The third-order valence-corrected chi connectivity index (χ3v) is 3.58. The summed E-state index contributed by atoms with van der Waals surface area (Å²) >= 11 is 0. The summed E-state index contributed by atoms with van der Waals surface area (Å²) in [5.41, 5.74) is 0. The molecule has 0 spiro atoms. The van der Waals surface area contributed by atoms with Gasteiger partial charge in [-0.2, -0.15) is 0 Å². The van der Waals surface area contributed by atoms with Gasteiger partial charge < -0.3 is 25.2 Å². The van der Waals surface area contributed by atoms with Gasteiger partial charge in [-0.05, 0) is 19.3 Å². The van der Waals surface area contributed by atoms with Crippen molar-refractivity contribution in [1.82, 2.24) is 10.2 Å². The normalized spacial score (nSPS) is 31.2. The second kappa shape index (κ2) is 6.21. The van der Waals surface area contributed by atoms with Gasteiger partial charge >= 0.3 is 12.0 Å². The SMILES string of the molecule is O=C(O)[C@@H]1CC(O)CN1C(=O)NCC1CCCCO1.